The van der Waals surface area contributed by atoms with Crippen molar-refractivity contribution in [1.29, 1.82) is 0 Å². The van der Waals surface area contributed by atoms with Gasteiger partial charge < -0.3 is 9.73 Å². The highest BCUT2D eigenvalue weighted by molar-refractivity contribution is 8.00. The van der Waals surface area contributed by atoms with Crippen molar-refractivity contribution in [2.45, 2.75) is 17.4 Å². The number of carbonyl (C=O) groups is 1. The van der Waals surface area contributed by atoms with Crippen LogP contribution in [-0.4, -0.2) is 21.4 Å². The molecular weight excluding hydrogens is 377 g/mol. The van der Waals surface area contributed by atoms with Gasteiger partial charge in [-0.15, -0.1) is 10.2 Å². The maximum atomic E-state index is 13.0. The Morgan fingerprint density at radius 1 is 1.04 bits per heavy atom. The average molecular weight is 393 g/mol. The van der Waals surface area contributed by atoms with Crippen LogP contribution in [0.1, 0.15) is 6.92 Å². The molecule has 1 amide bonds. The van der Waals surface area contributed by atoms with E-state index >= 15 is 0 Å². The van der Waals surface area contributed by atoms with Crippen molar-refractivity contribution in [3.05, 3.63) is 72.5 Å². The number of anilines is 1. The number of nitrogens with one attached hydrogen (secondary N) is 1. The summed E-state index contributed by atoms with van der Waals surface area (Å²) in [6, 6.07) is 19.5. The number of amides is 1. The molecule has 0 fully saturated rings. The Kier molecular flexibility index (Phi) is 5.08. The van der Waals surface area contributed by atoms with Crippen LogP contribution in [0.5, 0.6) is 0 Å². The summed E-state index contributed by atoms with van der Waals surface area (Å²) in [5.74, 6) is -0.219. The monoisotopic (exact) mass is 393 g/mol. The lowest BCUT2D eigenvalue weighted by molar-refractivity contribution is -0.115. The van der Waals surface area contributed by atoms with Crippen LogP contribution in [0.2, 0.25) is 0 Å². The van der Waals surface area contributed by atoms with Crippen molar-refractivity contribution in [1.82, 2.24) is 10.2 Å². The summed E-state index contributed by atoms with van der Waals surface area (Å²) in [5.41, 5.74) is 1.35. The zero-order valence-corrected chi connectivity index (χ0v) is 15.7. The van der Waals surface area contributed by atoms with Crippen molar-refractivity contribution < 1.29 is 13.6 Å². The SMILES string of the molecule is C[C@H](Sc1nnc(-c2ccc(F)cc2)o1)C(=O)Nc1ccc2ccccc2c1. The highest BCUT2D eigenvalue weighted by atomic mass is 32.2. The summed E-state index contributed by atoms with van der Waals surface area (Å²) in [4.78, 5) is 12.5. The zero-order valence-electron chi connectivity index (χ0n) is 14.9. The third-order valence-corrected chi connectivity index (χ3v) is 5.10. The molecule has 1 atom stereocenters. The third-order valence-electron chi connectivity index (χ3n) is 4.16. The van der Waals surface area contributed by atoms with Gasteiger partial charge in [-0.2, -0.15) is 0 Å². The van der Waals surface area contributed by atoms with Gasteiger partial charge in [-0.1, -0.05) is 42.1 Å². The number of hydrogen-bond donors (Lipinski definition) is 1. The molecule has 1 heterocycles. The summed E-state index contributed by atoms with van der Waals surface area (Å²) in [6.07, 6.45) is 0. The number of carbonyl (C=O) groups excluding carboxylic acids is 1. The minimum Gasteiger partial charge on any atom is -0.411 e. The fraction of sp³-hybridized carbons (Fsp3) is 0.0952. The molecule has 5 nitrogen and oxygen atoms in total. The predicted octanol–water partition coefficient (Wildman–Crippen LogP) is 5.15. The van der Waals surface area contributed by atoms with Crippen LogP contribution in [0.25, 0.3) is 22.2 Å². The lowest BCUT2D eigenvalue weighted by Gasteiger charge is -2.10. The van der Waals surface area contributed by atoms with E-state index in [9.17, 15) is 9.18 Å². The highest BCUT2D eigenvalue weighted by Crippen LogP contribution is 2.27. The summed E-state index contributed by atoms with van der Waals surface area (Å²) in [5, 5.41) is 12.8. The Morgan fingerprint density at radius 3 is 2.57 bits per heavy atom. The Balaban J connectivity index is 1.42. The van der Waals surface area contributed by atoms with Gasteiger partial charge >= 0.3 is 0 Å². The predicted molar refractivity (Wildman–Crippen MR) is 108 cm³/mol. The number of rotatable bonds is 5. The van der Waals surface area contributed by atoms with Gasteiger partial charge in [0.2, 0.25) is 11.8 Å². The number of benzene rings is 3. The largest absolute Gasteiger partial charge is 0.411 e. The smallest absolute Gasteiger partial charge is 0.277 e. The van der Waals surface area contributed by atoms with E-state index in [-0.39, 0.29) is 22.8 Å². The molecule has 0 spiro atoms. The number of hydrogen-bond acceptors (Lipinski definition) is 5. The van der Waals surface area contributed by atoms with Gasteiger partial charge in [-0.3, -0.25) is 4.79 Å². The second-order valence-corrected chi connectivity index (χ2v) is 7.48. The number of thioether (sulfide) groups is 1. The van der Waals surface area contributed by atoms with Crippen molar-refractivity contribution in [3.63, 3.8) is 0 Å². The van der Waals surface area contributed by atoms with Crippen LogP contribution in [0.15, 0.2) is 76.4 Å². The first kappa shape index (κ1) is 18.2. The lowest BCUT2D eigenvalue weighted by Crippen LogP contribution is -2.22. The number of nitrogens with zero attached hydrogens (tertiary/aromatic N) is 2. The van der Waals surface area contributed by atoms with Crippen LogP contribution >= 0.6 is 11.8 Å². The normalized spacial score (nSPS) is 12.1. The molecule has 28 heavy (non-hydrogen) atoms. The van der Waals surface area contributed by atoms with Crippen molar-refractivity contribution in [2.75, 3.05) is 5.32 Å². The molecule has 140 valence electrons. The van der Waals surface area contributed by atoms with Gasteiger partial charge in [0, 0.05) is 11.3 Å². The highest BCUT2D eigenvalue weighted by Gasteiger charge is 2.19. The molecule has 0 radical (unpaired) electrons. The van der Waals surface area contributed by atoms with Gasteiger partial charge in [-0.05, 0) is 54.1 Å². The molecule has 7 heteroatoms. The summed E-state index contributed by atoms with van der Waals surface area (Å²) in [6.45, 7) is 1.77. The van der Waals surface area contributed by atoms with E-state index in [1.807, 2.05) is 42.5 Å². The Morgan fingerprint density at radius 2 is 1.79 bits per heavy atom. The summed E-state index contributed by atoms with van der Waals surface area (Å²) in [7, 11) is 0. The maximum absolute atomic E-state index is 13.0. The first-order valence-corrected chi connectivity index (χ1v) is 9.52. The zero-order chi connectivity index (χ0) is 19.5. The molecule has 0 bridgehead atoms. The van der Waals surface area contributed by atoms with Gasteiger partial charge in [0.05, 0.1) is 5.25 Å². The molecule has 0 aliphatic heterocycles. The molecule has 0 unspecified atom stereocenters. The second kappa shape index (κ2) is 7.82. The molecule has 1 aromatic heterocycles. The van der Waals surface area contributed by atoms with Gasteiger partial charge in [-0.25, -0.2) is 4.39 Å². The van der Waals surface area contributed by atoms with E-state index in [0.29, 0.717) is 5.56 Å². The third kappa shape index (κ3) is 4.04. The Bertz CT molecular complexity index is 1130. The van der Waals surface area contributed by atoms with Crippen LogP contribution < -0.4 is 5.32 Å². The minimum atomic E-state index is -0.437. The molecule has 0 saturated heterocycles. The molecule has 1 N–H and O–H groups in total. The van der Waals surface area contributed by atoms with Crippen LogP contribution in [0.4, 0.5) is 10.1 Å². The standard InChI is InChI=1S/C21H16FN3O2S/c1-13(19(26)23-18-11-8-14-4-2-3-5-16(14)12-18)28-21-25-24-20(27-21)15-6-9-17(22)10-7-15/h2-13H,1H3,(H,23,26)/t13-/m0/s1. The minimum absolute atomic E-state index is 0.165. The van der Waals surface area contributed by atoms with Crippen LogP contribution in [0, 0.1) is 5.82 Å². The molecule has 0 aliphatic carbocycles. The maximum Gasteiger partial charge on any atom is 0.277 e. The van der Waals surface area contributed by atoms with Crippen molar-refractivity contribution >= 4 is 34.1 Å². The quantitative estimate of drug-likeness (QED) is 0.475. The molecular formula is C21H16FN3O2S. The van der Waals surface area contributed by atoms with Gasteiger partial charge in [0.25, 0.3) is 5.22 Å². The van der Waals surface area contributed by atoms with Crippen LogP contribution in [-0.2, 0) is 4.79 Å². The summed E-state index contributed by atoms with van der Waals surface area (Å²) < 4.78 is 18.6. The molecule has 0 saturated carbocycles. The van der Waals surface area contributed by atoms with E-state index in [2.05, 4.69) is 15.5 Å². The van der Waals surface area contributed by atoms with Crippen LogP contribution in [0.3, 0.4) is 0 Å². The number of fused-ring (bicyclic) bond motifs is 1. The van der Waals surface area contributed by atoms with Crippen molar-refractivity contribution in [3.8, 4) is 11.5 Å². The fourth-order valence-corrected chi connectivity index (χ4v) is 3.37. The Labute approximate surface area is 165 Å². The van der Waals surface area contributed by atoms with Gasteiger partial charge in [0.15, 0.2) is 0 Å². The molecule has 4 aromatic rings. The molecule has 4 rings (SSSR count). The van der Waals surface area contributed by atoms with Gasteiger partial charge in [0.1, 0.15) is 5.82 Å². The second-order valence-electron chi connectivity index (χ2n) is 6.19. The van der Waals surface area contributed by atoms with E-state index in [0.717, 1.165) is 16.5 Å². The summed E-state index contributed by atoms with van der Waals surface area (Å²) >= 11 is 1.17. The lowest BCUT2D eigenvalue weighted by atomic mass is 10.1. The number of halogens is 1. The molecule has 0 aliphatic rings. The first-order chi connectivity index (χ1) is 13.6. The van der Waals surface area contributed by atoms with E-state index < -0.39 is 5.25 Å². The average Bonchev–Trinajstić information content (AvgIpc) is 3.17. The van der Waals surface area contributed by atoms with Crippen molar-refractivity contribution in [2.24, 2.45) is 0 Å². The fourth-order valence-electron chi connectivity index (χ4n) is 2.68. The van der Waals surface area contributed by atoms with E-state index in [4.69, 9.17) is 4.42 Å². The topological polar surface area (TPSA) is 68.0 Å². The van der Waals surface area contributed by atoms with E-state index in [1.54, 1.807) is 19.1 Å². The molecule has 3 aromatic carbocycles. The first-order valence-electron chi connectivity index (χ1n) is 8.64. The van der Waals surface area contributed by atoms with E-state index in [1.165, 1.54) is 23.9 Å². The number of aromatic nitrogens is 2. The Hall–Kier alpha value is -3.19.